The van der Waals surface area contributed by atoms with Crippen molar-refractivity contribution < 1.29 is 18.1 Å². The minimum Gasteiger partial charge on any atom is -0.321 e. The van der Waals surface area contributed by atoms with Gasteiger partial charge in [0.05, 0.1) is 21.9 Å². The molecule has 0 aliphatic carbocycles. The molecule has 1 heterocycles. The summed E-state index contributed by atoms with van der Waals surface area (Å²) in [7, 11) is -1.46. The number of hydrogen-bond acceptors (Lipinski definition) is 6. The van der Waals surface area contributed by atoms with E-state index >= 15 is 0 Å². The third-order valence-electron chi connectivity index (χ3n) is 5.17. The molecule has 1 fully saturated rings. The molecular weight excluding hydrogens is 408 g/mol. The molecule has 30 heavy (non-hydrogen) atoms. The largest absolute Gasteiger partial charge is 0.321 e. The number of anilines is 1. The lowest BCUT2D eigenvalue weighted by atomic mass is 10.1. The zero-order valence-corrected chi connectivity index (χ0v) is 17.7. The minimum atomic E-state index is -3.42. The lowest BCUT2D eigenvalue weighted by Crippen LogP contribution is -2.47. The van der Waals surface area contributed by atoms with Gasteiger partial charge in [-0.3, -0.25) is 14.9 Å². The SMILES string of the molecule is Cc1c(NC(=O)c2ccc(CS(=O)(=O)N3CCN(C)CC3)cc2)cccc1[N+](=O)[O-]. The monoisotopic (exact) mass is 432 g/mol. The van der Waals surface area contributed by atoms with Crippen molar-refractivity contribution in [2.45, 2.75) is 12.7 Å². The Kier molecular flexibility index (Phi) is 6.49. The summed E-state index contributed by atoms with van der Waals surface area (Å²) in [6, 6.07) is 10.8. The van der Waals surface area contributed by atoms with Crippen LogP contribution < -0.4 is 5.32 Å². The van der Waals surface area contributed by atoms with Crippen LogP contribution in [0.1, 0.15) is 21.5 Å². The first-order valence-electron chi connectivity index (χ1n) is 9.48. The van der Waals surface area contributed by atoms with Crippen LogP contribution in [0.5, 0.6) is 0 Å². The topological polar surface area (TPSA) is 113 Å². The van der Waals surface area contributed by atoms with Gasteiger partial charge in [0.15, 0.2) is 0 Å². The summed E-state index contributed by atoms with van der Waals surface area (Å²) >= 11 is 0. The second-order valence-electron chi connectivity index (χ2n) is 7.32. The first kappa shape index (κ1) is 21.9. The minimum absolute atomic E-state index is 0.0720. The molecule has 1 saturated heterocycles. The van der Waals surface area contributed by atoms with E-state index in [9.17, 15) is 23.3 Å². The van der Waals surface area contributed by atoms with Crippen LogP contribution in [-0.4, -0.2) is 61.7 Å². The summed E-state index contributed by atoms with van der Waals surface area (Å²) in [5, 5.41) is 13.7. The fourth-order valence-electron chi connectivity index (χ4n) is 3.27. The molecule has 0 aromatic heterocycles. The Morgan fingerprint density at radius 2 is 1.73 bits per heavy atom. The molecule has 2 aromatic carbocycles. The van der Waals surface area contributed by atoms with Crippen LogP contribution in [0.3, 0.4) is 0 Å². The summed E-state index contributed by atoms with van der Waals surface area (Å²) < 4.78 is 26.7. The van der Waals surface area contributed by atoms with Crippen molar-refractivity contribution in [2.75, 3.05) is 38.5 Å². The molecule has 1 aliphatic heterocycles. The van der Waals surface area contributed by atoms with Crippen molar-refractivity contribution in [1.82, 2.24) is 9.21 Å². The average Bonchev–Trinajstić information content (AvgIpc) is 2.70. The van der Waals surface area contributed by atoms with Crippen LogP contribution in [-0.2, 0) is 15.8 Å². The van der Waals surface area contributed by atoms with Crippen LogP contribution in [0.4, 0.5) is 11.4 Å². The molecule has 10 heteroatoms. The van der Waals surface area contributed by atoms with Gasteiger partial charge in [-0.15, -0.1) is 0 Å². The quantitative estimate of drug-likeness (QED) is 0.553. The molecule has 0 spiro atoms. The number of benzene rings is 2. The molecule has 3 rings (SSSR count). The van der Waals surface area contributed by atoms with Crippen LogP contribution in [0.2, 0.25) is 0 Å². The van der Waals surface area contributed by atoms with Gasteiger partial charge in [0, 0.05) is 37.8 Å². The molecule has 0 radical (unpaired) electrons. The Balaban J connectivity index is 1.68. The molecule has 0 unspecified atom stereocenters. The van der Waals surface area contributed by atoms with E-state index in [-0.39, 0.29) is 11.4 Å². The van der Waals surface area contributed by atoms with Gasteiger partial charge in [0.25, 0.3) is 11.6 Å². The highest BCUT2D eigenvalue weighted by molar-refractivity contribution is 7.88. The summed E-state index contributed by atoms with van der Waals surface area (Å²) in [4.78, 5) is 25.1. The van der Waals surface area contributed by atoms with Crippen LogP contribution in [0, 0.1) is 17.0 Å². The van der Waals surface area contributed by atoms with Crippen molar-refractivity contribution in [1.29, 1.82) is 0 Å². The summed E-state index contributed by atoms with van der Waals surface area (Å²) in [5.74, 6) is -0.546. The van der Waals surface area contributed by atoms with Crippen molar-refractivity contribution in [2.24, 2.45) is 0 Å². The number of hydrogen-bond donors (Lipinski definition) is 1. The molecule has 1 amide bonds. The highest BCUT2D eigenvalue weighted by atomic mass is 32.2. The van der Waals surface area contributed by atoms with Gasteiger partial charge in [-0.05, 0) is 37.7 Å². The van der Waals surface area contributed by atoms with Crippen molar-refractivity contribution in [3.05, 3.63) is 69.3 Å². The first-order valence-corrected chi connectivity index (χ1v) is 11.1. The van der Waals surface area contributed by atoms with E-state index < -0.39 is 20.9 Å². The summed E-state index contributed by atoms with van der Waals surface area (Å²) in [6.07, 6.45) is 0. The van der Waals surface area contributed by atoms with Gasteiger partial charge in [-0.25, -0.2) is 8.42 Å². The maximum atomic E-state index is 12.6. The van der Waals surface area contributed by atoms with E-state index in [2.05, 4.69) is 10.2 Å². The predicted molar refractivity (Wildman–Crippen MR) is 114 cm³/mol. The third kappa shape index (κ3) is 5.02. The van der Waals surface area contributed by atoms with Gasteiger partial charge >= 0.3 is 0 Å². The fraction of sp³-hybridized carbons (Fsp3) is 0.350. The number of nitrogens with one attached hydrogen (secondary N) is 1. The molecule has 1 N–H and O–H groups in total. The Morgan fingerprint density at radius 3 is 2.33 bits per heavy atom. The van der Waals surface area contributed by atoms with Crippen LogP contribution in [0.25, 0.3) is 0 Å². The molecule has 0 saturated carbocycles. The van der Waals surface area contributed by atoms with E-state index in [1.165, 1.54) is 16.4 Å². The Labute approximate surface area is 175 Å². The maximum absolute atomic E-state index is 12.6. The molecule has 160 valence electrons. The molecule has 0 bridgehead atoms. The number of likely N-dealkylation sites (N-methyl/N-ethyl adjacent to an activating group) is 1. The standard InChI is InChI=1S/C20H24N4O5S/c1-15-18(4-3-5-19(15)24(26)27)21-20(25)17-8-6-16(7-9-17)14-30(28,29)23-12-10-22(2)11-13-23/h3-9H,10-14H2,1-2H3,(H,21,25). The number of carbonyl (C=O) groups excluding carboxylic acids is 1. The van der Waals surface area contributed by atoms with Gasteiger partial charge in [-0.2, -0.15) is 4.31 Å². The zero-order chi connectivity index (χ0) is 21.9. The summed E-state index contributed by atoms with van der Waals surface area (Å²) in [6.45, 7) is 3.93. The zero-order valence-electron chi connectivity index (χ0n) is 16.9. The van der Waals surface area contributed by atoms with Crippen LogP contribution >= 0.6 is 0 Å². The van der Waals surface area contributed by atoms with Crippen molar-refractivity contribution >= 4 is 27.3 Å². The number of amides is 1. The number of nitro benzene ring substituents is 1. The third-order valence-corrected chi connectivity index (χ3v) is 7.02. The van der Waals surface area contributed by atoms with E-state index in [4.69, 9.17) is 0 Å². The Bertz CT molecular complexity index is 1050. The van der Waals surface area contributed by atoms with E-state index in [1.54, 1.807) is 37.3 Å². The van der Waals surface area contributed by atoms with E-state index in [1.807, 2.05) is 7.05 Å². The smallest absolute Gasteiger partial charge is 0.274 e. The maximum Gasteiger partial charge on any atom is 0.274 e. The first-order chi connectivity index (χ1) is 14.2. The van der Waals surface area contributed by atoms with Crippen molar-refractivity contribution in [3.8, 4) is 0 Å². The molecule has 9 nitrogen and oxygen atoms in total. The number of rotatable bonds is 6. The molecule has 0 atom stereocenters. The number of carbonyl (C=O) groups is 1. The van der Waals surface area contributed by atoms with Crippen molar-refractivity contribution in [3.63, 3.8) is 0 Å². The van der Waals surface area contributed by atoms with Crippen LogP contribution in [0.15, 0.2) is 42.5 Å². The normalized spacial score (nSPS) is 15.7. The number of nitrogens with zero attached hydrogens (tertiary/aromatic N) is 3. The van der Waals surface area contributed by atoms with E-state index in [0.29, 0.717) is 48.6 Å². The molecular formula is C20H24N4O5S. The average molecular weight is 433 g/mol. The lowest BCUT2D eigenvalue weighted by molar-refractivity contribution is -0.385. The number of piperazine rings is 1. The highest BCUT2D eigenvalue weighted by Gasteiger charge is 2.26. The second-order valence-corrected chi connectivity index (χ2v) is 9.29. The van der Waals surface area contributed by atoms with Gasteiger partial charge in [0.2, 0.25) is 10.0 Å². The van der Waals surface area contributed by atoms with Gasteiger partial charge in [-0.1, -0.05) is 18.2 Å². The lowest BCUT2D eigenvalue weighted by Gasteiger charge is -2.31. The number of sulfonamides is 1. The fourth-order valence-corrected chi connectivity index (χ4v) is 4.79. The van der Waals surface area contributed by atoms with E-state index in [0.717, 1.165) is 0 Å². The predicted octanol–water partition coefficient (Wildman–Crippen LogP) is 2.23. The second kappa shape index (κ2) is 8.90. The highest BCUT2D eigenvalue weighted by Crippen LogP contribution is 2.25. The van der Waals surface area contributed by atoms with Gasteiger partial charge in [0.1, 0.15) is 0 Å². The molecule has 2 aromatic rings. The summed E-state index contributed by atoms with van der Waals surface area (Å²) in [5.41, 5.74) is 1.58. The molecule has 1 aliphatic rings. The van der Waals surface area contributed by atoms with Gasteiger partial charge < -0.3 is 10.2 Å². The Hall–Kier alpha value is -2.82. The Morgan fingerprint density at radius 1 is 1.10 bits per heavy atom. The number of nitro groups is 1.